The molecule has 120 valence electrons. The fourth-order valence-corrected chi connectivity index (χ4v) is 4.43. The summed E-state index contributed by atoms with van der Waals surface area (Å²) in [5.41, 5.74) is 2.04. The number of benzene rings is 2. The molecular formula is C19H21NO2S. The van der Waals surface area contributed by atoms with E-state index in [4.69, 9.17) is 0 Å². The van der Waals surface area contributed by atoms with Crippen molar-refractivity contribution in [2.75, 3.05) is 12.3 Å². The summed E-state index contributed by atoms with van der Waals surface area (Å²) in [7, 11) is 0. The van der Waals surface area contributed by atoms with Crippen LogP contribution in [-0.2, 0) is 11.2 Å². The molecule has 4 heteroatoms. The zero-order valence-electron chi connectivity index (χ0n) is 13.0. The Morgan fingerprint density at radius 3 is 2.91 bits per heavy atom. The van der Waals surface area contributed by atoms with Gasteiger partial charge in [0.25, 0.3) is 0 Å². The van der Waals surface area contributed by atoms with E-state index in [0.29, 0.717) is 12.3 Å². The third kappa shape index (κ3) is 3.10. The number of amides is 1. The van der Waals surface area contributed by atoms with Crippen molar-refractivity contribution in [1.29, 1.82) is 0 Å². The highest BCUT2D eigenvalue weighted by Crippen LogP contribution is 2.41. The summed E-state index contributed by atoms with van der Waals surface area (Å²) < 4.78 is 0. The van der Waals surface area contributed by atoms with Gasteiger partial charge in [0.2, 0.25) is 5.91 Å². The summed E-state index contributed by atoms with van der Waals surface area (Å²) in [5.74, 6) is 1.72. The molecule has 4 rings (SSSR count). The summed E-state index contributed by atoms with van der Waals surface area (Å²) in [5, 5.41) is 15.7. The lowest BCUT2D eigenvalue weighted by molar-refractivity contribution is -0.120. The minimum Gasteiger partial charge on any atom is -0.388 e. The van der Waals surface area contributed by atoms with Crippen LogP contribution in [0.2, 0.25) is 0 Å². The van der Waals surface area contributed by atoms with Gasteiger partial charge in [-0.2, -0.15) is 0 Å². The van der Waals surface area contributed by atoms with Crippen molar-refractivity contribution >= 4 is 28.4 Å². The Morgan fingerprint density at radius 2 is 2.09 bits per heavy atom. The maximum atomic E-state index is 12.3. The Balaban J connectivity index is 1.69. The highest BCUT2D eigenvalue weighted by atomic mass is 32.2. The third-order valence-corrected chi connectivity index (χ3v) is 5.86. The molecule has 0 saturated heterocycles. The number of rotatable bonds is 4. The SMILES string of the molecule is O=C(Cc1cccc2ccc3c(c12)C(O)CCS3)NCC1CC1. The highest BCUT2D eigenvalue weighted by molar-refractivity contribution is 7.99. The molecule has 0 aromatic heterocycles. The van der Waals surface area contributed by atoms with E-state index in [-0.39, 0.29) is 5.91 Å². The third-order valence-electron chi connectivity index (χ3n) is 4.75. The molecule has 1 aliphatic heterocycles. The lowest BCUT2D eigenvalue weighted by atomic mass is 9.93. The van der Waals surface area contributed by atoms with Gasteiger partial charge in [-0.25, -0.2) is 0 Å². The van der Waals surface area contributed by atoms with Gasteiger partial charge in [-0.1, -0.05) is 24.3 Å². The van der Waals surface area contributed by atoms with Gasteiger partial charge in [0.1, 0.15) is 0 Å². The van der Waals surface area contributed by atoms with Crippen LogP contribution in [0, 0.1) is 5.92 Å². The van der Waals surface area contributed by atoms with Crippen molar-refractivity contribution in [1.82, 2.24) is 5.32 Å². The van der Waals surface area contributed by atoms with Crippen LogP contribution in [0.15, 0.2) is 35.2 Å². The van der Waals surface area contributed by atoms with Gasteiger partial charge in [0.15, 0.2) is 0 Å². The Labute approximate surface area is 140 Å². The summed E-state index contributed by atoms with van der Waals surface area (Å²) >= 11 is 1.80. The molecule has 2 aliphatic rings. The summed E-state index contributed by atoms with van der Waals surface area (Å²) in [4.78, 5) is 13.4. The van der Waals surface area contributed by atoms with E-state index in [1.54, 1.807) is 11.8 Å². The van der Waals surface area contributed by atoms with Crippen molar-refractivity contribution in [2.45, 2.75) is 36.7 Å². The lowest BCUT2D eigenvalue weighted by Gasteiger charge is -2.24. The predicted molar refractivity (Wildman–Crippen MR) is 93.7 cm³/mol. The summed E-state index contributed by atoms with van der Waals surface area (Å²) in [6.07, 6.45) is 3.22. The van der Waals surface area contributed by atoms with Crippen LogP contribution >= 0.6 is 11.8 Å². The molecule has 1 amide bonds. The zero-order valence-corrected chi connectivity index (χ0v) is 13.9. The molecule has 23 heavy (non-hydrogen) atoms. The Hall–Kier alpha value is -1.52. The molecule has 0 bridgehead atoms. The van der Waals surface area contributed by atoms with Gasteiger partial charge < -0.3 is 10.4 Å². The number of nitrogens with one attached hydrogen (secondary N) is 1. The fourth-order valence-electron chi connectivity index (χ4n) is 3.31. The Bertz CT molecular complexity index is 754. The minimum atomic E-state index is -0.425. The quantitative estimate of drug-likeness (QED) is 0.904. The Kier molecular flexibility index (Phi) is 4.04. The first kappa shape index (κ1) is 15.0. The predicted octanol–water partition coefficient (Wildman–Crippen LogP) is 3.44. The number of aliphatic hydroxyl groups excluding tert-OH is 1. The van der Waals surface area contributed by atoms with Crippen LogP contribution in [-0.4, -0.2) is 23.3 Å². The number of aliphatic hydroxyl groups is 1. The molecule has 0 spiro atoms. The van der Waals surface area contributed by atoms with Crippen molar-refractivity contribution in [3.8, 4) is 0 Å². The zero-order chi connectivity index (χ0) is 15.8. The second-order valence-electron chi connectivity index (χ2n) is 6.57. The molecule has 1 heterocycles. The van der Waals surface area contributed by atoms with Gasteiger partial charge in [-0.05, 0) is 47.6 Å². The first-order valence-corrected chi connectivity index (χ1v) is 9.33. The average Bonchev–Trinajstić information content (AvgIpc) is 3.37. The highest BCUT2D eigenvalue weighted by Gasteiger charge is 2.24. The van der Waals surface area contributed by atoms with Crippen molar-refractivity contribution in [3.05, 3.63) is 41.5 Å². The van der Waals surface area contributed by atoms with Crippen LogP contribution in [0.25, 0.3) is 10.8 Å². The lowest BCUT2D eigenvalue weighted by Crippen LogP contribution is -2.27. The van der Waals surface area contributed by atoms with E-state index in [1.165, 1.54) is 12.8 Å². The number of thioether (sulfide) groups is 1. The molecule has 3 nitrogen and oxygen atoms in total. The van der Waals surface area contributed by atoms with E-state index < -0.39 is 6.10 Å². The normalized spacial score (nSPS) is 20.3. The van der Waals surface area contributed by atoms with Crippen molar-refractivity contribution in [2.24, 2.45) is 5.92 Å². The van der Waals surface area contributed by atoms with Gasteiger partial charge in [-0.3, -0.25) is 4.79 Å². The average molecular weight is 327 g/mol. The number of fused-ring (bicyclic) bond motifs is 3. The van der Waals surface area contributed by atoms with Crippen molar-refractivity contribution < 1.29 is 9.90 Å². The first-order valence-electron chi connectivity index (χ1n) is 8.34. The number of carbonyl (C=O) groups excluding carboxylic acids is 1. The molecule has 2 aromatic carbocycles. The number of hydrogen-bond acceptors (Lipinski definition) is 3. The molecule has 2 N–H and O–H groups in total. The summed E-state index contributed by atoms with van der Waals surface area (Å²) in [6, 6.07) is 10.3. The van der Waals surface area contributed by atoms with Gasteiger partial charge >= 0.3 is 0 Å². The van der Waals surface area contributed by atoms with Crippen molar-refractivity contribution in [3.63, 3.8) is 0 Å². The van der Waals surface area contributed by atoms with Gasteiger partial charge in [0.05, 0.1) is 12.5 Å². The first-order chi connectivity index (χ1) is 11.2. The van der Waals surface area contributed by atoms with Crippen LogP contribution < -0.4 is 5.32 Å². The van der Waals surface area contributed by atoms with Crippen LogP contribution in [0.3, 0.4) is 0 Å². The van der Waals surface area contributed by atoms with E-state index in [2.05, 4.69) is 23.5 Å². The van der Waals surface area contributed by atoms with Crippen LogP contribution in [0.4, 0.5) is 0 Å². The smallest absolute Gasteiger partial charge is 0.224 e. The standard InChI is InChI=1S/C19H21NO2S/c21-15-8-9-23-16-7-6-13-2-1-3-14(18(13)19(15)16)10-17(22)20-11-12-4-5-12/h1-3,6-7,12,15,21H,4-5,8-11H2,(H,20,22). The maximum Gasteiger partial charge on any atom is 0.224 e. The van der Waals surface area contributed by atoms with E-state index in [9.17, 15) is 9.90 Å². The molecule has 0 radical (unpaired) electrons. The molecule has 1 aliphatic carbocycles. The number of hydrogen-bond donors (Lipinski definition) is 2. The maximum absolute atomic E-state index is 12.3. The Morgan fingerprint density at radius 1 is 1.22 bits per heavy atom. The molecule has 1 fully saturated rings. The van der Waals surface area contributed by atoms with Crippen LogP contribution in [0.1, 0.15) is 36.5 Å². The monoisotopic (exact) mass is 327 g/mol. The van der Waals surface area contributed by atoms with E-state index in [0.717, 1.165) is 45.5 Å². The van der Waals surface area contributed by atoms with Crippen LogP contribution in [0.5, 0.6) is 0 Å². The second-order valence-corrected chi connectivity index (χ2v) is 7.71. The van der Waals surface area contributed by atoms with E-state index in [1.807, 2.05) is 12.1 Å². The molecule has 1 saturated carbocycles. The largest absolute Gasteiger partial charge is 0.388 e. The second kappa shape index (κ2) is 6.17. The summed E-state index contributed by atoms with van der Waals surface area (Å²) in [6.45, 7) is 0.806. The molecular weight excluding hydrogens is 306 g/mol. The molecule has 1 unspecified atom stereocenters. The van der Waals surface area contributed by atoms with Gasteiger partial charge in [-0.15, -0.1) is 11.8 Å². The molecule has 2 aromatic rings. The molecule has 1 atom stereocenters. The number of carbonyl (C=O) groups is 1. The van der Waals surface area contributed by atoms with E-state index >= 15 is 0 Å². The van der Waals surface area contributed by atoms with Gasteiger partial charge in [0, 0.05) is 22.8 Å². The topological polar surface area (TPSA) is 49.3 Å². The fraction of sp³-hybridized carbons (Fsp3) is 0.421. The minimum absolute atomic E-state index is 0.0833.